The number of H-pyrrole nitrogens is 1. The first-order valence-electron chi connectivity index (χ1n) is 17.2. The van der Waals surface area contributed by atoms with Crippen molar-refractivity contribution < 1.29 is 34.2 Å². The van der Waals surface area contributed by atoms with E-state index < -0.39 is 17.7 Å². The zero-order valence-corrected chi connectivity index (χ0v) is 29.7. The molecular weight excluding hydrogens is 663 g/mol. The van der Waals surface area contributed by atoms with Gasteiger partial charge in [-0.15, -0.1) is 22.7 Å². The maximum Gasteiger partial charge on any atom is 0.349 e. The van der Waals surface area contributed by atoms with Crippen molar-refractivity contribution in [1.82, 2.24) is 10.3 Å². The van der Waals surface area contributed by atoms with Gasteiger partial charge in [-0.1, -0.05) is 31.0 Å². The Hall–Kier alpha value is -3.39. The van der Waals surface area contributed by atoms with E-state index in [2.05, 4.69) is 21.9 Å². The van der Waals surface area contributed by atoms with E-state index in [1.54, 1.807) is 24.3 Å². The summed E-state index contributed by atoms with van der Waals surface area (Å²) in [7, 11) is 2.12. The van der Waals surface area contributed by atoms with Crippen LogP contribution in [0.1, 0.15) is 79.2 Å². The van der Waals surface area contributed by atoms with Gasteiger partial charge in [0.15, 0.2) is 5.71 Å². The van der Waals surface area contributed by atoms with Crippen molar-refractivity contribution in [1.29, 1.82) is 0 Å². The number of aromatic hydroxyl groups is 1. The zero-order valence-electron chi connectivity index (χ0n) is 28.1. The van der Waals surface area contributed by atoms with E-state index in [-0.39, 0.29) is 17.4 Å². The Kier molecular flexibility index (Phi) is 13.6. The fourth-order valence-electron chi connectivity index (χ4n) is 6.32. The molecule has 0 aliphatic heterocycles. The molecule has 1 saturated carbocycles. The highest BCUT2D eigenvalue weighted by Crippen LogP contribution is 2.37. The number of thiophene rings is 2. The van der Waals surface area contributed by atoms with Crippen LogP contribution in [0.2, 0.25) is 0 Å². The van der Waals surface area contributed by atoms with E-state index >= 15 is 0 Å². The minimum atomic E-state index is -1.76. The smallest absolute Gasteiger partial charge is 0.349 e. The predicted octanol–water partition coefficient (Wildman–Crippen LogP) is 5.45. The van der Waals surface area contributed by atoms with Crippen LogP contribution in [-0.2, 0) is 19.9 Å². The number of nitrogens with zero attached hydrogens (tertiary/aromatic N) is 1. The molecule has 0 radical (unpaired) electrons. The molecule has 1 aliphatic rings. The summed E-state index contributed by atoms with van der Waals surface area (Å²) >= 11 is 2.71. The number of aromatic nitrogens is 1. The van der Waals surface area contributed by atoms with Gasteiger partial charge in [-0.05, 0) is 72.8 Å². The van der Waals surface area contributed by atoms with Gasteiger partial charge in [-0.2, -0.15) is 0 Å². The first-order valence-corrected chi connectivity index (χ1v) is 18.9. The molecule has 1 aromatic carbocycles. The molecule has 5 N–H and O–H groups in total. The number of hydrogen-bond acceptors (Lipinski definition) is 10. The van der Waals surface area contributed by atoms with Gasteiger partial charge in [0.25, 0.3) is 0 Å². The van der Waals surface area contributed by atoms with E-state index in [1.807, 2.05) is 22.9 Å². The molecule has 1 aliphatic carbocycles. The molecule has 10 nitrogen and oxygen atoms in total. The number of hydrogen-bond donors (Lipinski definition) is 5. The van der Waals surface area contributed by atoms with Crippen LogP contribution in [0.5, 0.6) is 5.75 Å². The molecular formula is C37H48N3O7S2+. The number of nitrogens with one attached hydrogen (secondary N) is 2. The topological polar surface area (TPSA) is 144 Å². The molecule has 1 fully saturated rings. The van der Waals surface area contributed by atoms with Crippen molar-refractivity contribution >= 4 is 45.3 Å². The number of esters is 1. The maximum atomic E-state index is 13.3. The standard InChI is InChI=1S/C37H47N3O7S2/c1-40(26-11-13-27(14-12-26)47-36(44)37(45,32-9-6-23-48-32)33-10-7-24-49-33)20-8-22-46-21-5-3-2-4-19-38-25-31(42)28-15-17-30(41)35-29(28)16-18-34(43)39-35/h6-7,9-10,15-18,23-24,27,31,38,42,45H,2-5,8,11-14,19-22,25H2,1H3,(H-,39,41,43)/p+1. The van der Waals surface area contributed by atoms with Crippen molar-refractivity contribution in [2.75, 3.05) is 39.9 Å². The second-order valence-electron chi connectivity index (χ2n) is 12.6. The van der Waals surface area contributed by atoms with Crippen molar-refractivity contribution in [2.45, 2.75) is 75.6 Å². The summed E-state index contributed by atoms with van der Waals surface area (Å²) in [5.41, 5.74) is 0.316. The normalized spacial score (nSPS) is 15.8. The van der Waals surface area contributed by atoms with Crippen LogP contribution in [0.3, 0.4) is 0 Å². The Morgan fingerprint density at radius 1 is 1.00 bits per heavy atom. The van der Waals surface area contributed by atoms with Gasteiger partial charge in [0.1, 0.15) is 25.4 Å². The third-order valence-corrected chi connectivity index (χ3v) is 11.1. The summed E-state index contributed by atoms with van der Waals surface area (Å²) in [4.78, 5) is 28.7. The summed E-state index contributed by atoms with van der Waals surface area (Å²) in [6.45, 7) is 3.58. The maximum absolute atomic E-state index is 13.3. The minimum Gasteiger partial charge on any atom is -0.506 e. The number of aliphatic hydroxyl groups is 2. The summed E-state index contributed by atoms with van der Waals surface area (Å²) in [5, 5.41) is 39.9. The van der Waals surface area contributed by atoms with Crippen LogP contribution in [-0.4, -0.2) is 82.6 Å². The Labute approximate surface area is 295 Å². The van der Waals surface area contributed by atoms with Crippen LogP contribution >= 0.6 is 22.7 Å². The minimum absolute atomic E-state index is 0.0146. The van der Waals surface area contributed by atoms with E-state index in [9.17, 15) is 24.9 Å². The summed E-state index contributed by atoms with van der Waals surface area (Å²) in [6.07, 6.45) is 7.42. The number of pyridine rings is 1. The lowest BCUT2D eigenvalue weighted by atomic mass is 9.94. The van der Waals surface area contributed by atoms with Crippen LogP contribution in [0, 0.1) is 0 Å². The van der Waals surface area contributed by atoms with Gasteiger partial charge in [-0.25, -0.2) is 9.37 Å². The van der Waals surface area contributed by atoms with Crippen LogP contribution in [0.25, 0.3) is 10.9 Å². The number of aromatic amines is 1. The molecule has 49 heavy (non-hydrogen) atoms. The fourth-order valence-corrected chi connectivity index (χ4v) is 8.04. The number of benzene rings is 1. The molecule has 0 saturated heterocycles. The number of carbonyl (C=O) groups excluding carboxylic acids is 1. The third kappa shape index (κ3) is 9.65. The first-order chi connectivity index (χ1) is 23.8. The van der Waals surface area contributed by atoms with Gasteiger partial charge in [0.05, 0.1) is 28.0 Å². The first kappa shape index (κ1) is 36.9. The predicted molar refractivity (Wildman–Crippen MR) is 194 cm³/mol. The van der Waals surface area contributed by atoms with Crippen LogP contribution in [0.4, 0.5) is 0 Å². The number of phenolic OH excluding ortho intramolecular Hbond substituents is 1. The number of carbonyl (C=O) groups is 1. The van der Waals surface area contributed by atoms with E-state index in [1.165, 1.54) is 40.5 Å². The van der Waals surface area contributed by atoms with Gasteiger partial charge < -0.3 is 35.1 Å². The van der Waals surface area contributed by atoms with Gasteiger partial charge in [0.2, 0.25) is 11.2 Å². The lowest BCUT2D eigenvalue weighted by Crippen LogP contribution is -2.40. The summed E-state index contributed by atoms with van der Waals surface area (Å²) in [6, 6.07) is 13.4. The number of ether oxygens (including phenoxy) is 2. The second-order valence-corrected chi connectivity index (χ2v) is 14.5. The third-order valence-electron chi connectivity index (χ3n) is 9.15. The summed E-state index contributed by atoms with van der Waals surface area (Å²) < 4.78 is 14.1. The second kappa shape index (κ2) is 18.0. The molecule has 4 aromatic rings. The van der Waals surface area contributed by atoms with Crippen molar-refractivity contribution in [3.8, 4) is 5.75 Å². The van der Waals surface area contributed by atoms with Crippen molar-refractivity contribution in [3.63, 3.8) is 0 Å². The molecule has 1 atom stereocenters. The molecule has 264 valence electrons. The molecule has 12 heteroatoms. The van der Waals surface area contributed by atoms with E-state index in [0.29, 0.717) is 32.8 Å². The van der Waals surface area contributed by atoms with Crippen molar-refractivity contribution in [2.24, 2.45) is 0 Å². The van der Waals surface area contributed by atoms with Crippen LogP contribution in [0.15, 0.2) is 64.1 Å². The van der Waals surface area contributed by atoms with Gasteiger partial charge in [-0.3, -0.25) is 4.79 Å². The average molecular weight is 711 g/mol. The lowest BCUT2D eigenvalue weighted by molar-refractivity contribution is -0.501. The highest BCUT2D eigenvalue weighted by atomic mass is 32.1. The molecule has 0 bridgehead atoms. The quantitative estimate of drug-likeness (QED) is 0.0521. The number of phenols is 1. The van der Waals surface area contributed by atoms with Crippen molar-refractivity contribution in [3.05, 3.63) is 85.0 Å². The Morgan fingerprint density at radius 2 is 1.69 bits per heavy atom. The van der Waals surface area contributed by atoms with E-state index in [0.717, 1.165) is 84.1 Å². The van der Waals surface area contributed by atoms with Gasteiger partial charge >= 0.3 is 5.97 Å². The summed E-state index contributed by atoms with van der Waals surface area (Å²) in [5.74, 6) is -0.607. The number of fused-ring (bicyclic) bond motifs is 1. The van der Waals surface area contributed by atoms with E-state index in [4.69, 9.17) is 9.47 Å². The molecule has 3 aromatic heterocycles. The molecule has 0 amide bonds. The largest absolute Gasteiger partial charge is 0.506 e. The van der Waals surface area contributed by atoms with Gasteiger partial charge in [0, 0.05) is 43.9 Å². The highest BCUT2D eigenvalue weighted by Gasteiger charge is 2.45. The number of aliphatic hydroxyl groups excluding tert-OH is 1. The molecule has 0 spiro atoms. The fraction of sp³-hybridized carbons (Fsp3) is 0.486. The Morgan fingerprint density at radius 3 is 2.39 bits per heavy atom. The van der Waals surface area contributed by atoms with Crippen LogP contribution < -0.4 is 10.9 Å². The monoisotopic (exact) mass is 710 g/mol. The Bertz CT molecular complexity index is 1680. The zero-order chi connectivity index (χ0) is 34.6. The molecule has 5 rings (SSSR count). The molecule has 1 unspecified atom stereocenters. The average Bonchev–Trinajstić information content (AvgIpc) is 3.85. The SMILES string of the molecule is C[N+](CCCOCCCCCCNCC(O)c1ccc(O)c2[nH]c(=O)ccc12)=C1CCC(OC(=O)C(O)(c2cccs2)c2cccs2)CC1. The molecule has 3 heterocycles. The Balaban J connectivity index is 0.903. The number of unbranched alkanes of at least 4 members (excludes halogenated alkanes) is 3. The lowest BCUT2D eigenvalue weighted by Gasteiger charge is -2.28. The highest BCUT2D eigenvalue weighted by molar-refractivity contribution is 7.12. The number of rotatable bonds is 18.